The predicted octanol–water partition coefficient (Wildman–Crippen LogP) is 4.96. The van der Waals surface area contributed by atoms with E-state index in [9.17, 15) is 4.39 Å². The number of hydrogen-bond acceptors (Lipinski definition) is 6. The summed E-state index contributed by atoms with van der Waals surface area (Å²) in [6.07, 6.45) is 0. The highest BCUT2D eigenvalue weighted by molar-refractivity contribution is 5.90. The maximum atomic E-state index is 13.5. The summed E-state index contributed by atoms with van der Waals surface area (Å²) in [6, 6.07) is 17.1. The van der Waals surface area contributed by atoms with Crippen LogP contribution in [0.25, 0.3) is 28.1 Å². The first kappa shape index (κ1) is 22.0. The SMILES string of the molecule is COc1ccc(-c2c(-c3cc(OC)c(OC)c(OC)c3)nn(-c3ccc(F)cc3)c2N)cc1. The molecule has 4 aromatic rings. The third-order valence-electron chi connectivity index (χ3n) is 5.31. The summed E-state index contributed by atoms with van der Waals surface area (Å²) in [4.78, 5) is 0. The Labute approximate surface area is 191 Å². The van der Waals surface area contributed by atoms with Crippen molar-refractivity contribution in [3.05, 3.63) is 66.5 Å². The Hall–Kier alpha value is -4.20. The van der Waals surface area contributed by atoms with Gasteiger partial charge in [-0.05, 0) is 54.1 Å². The number of nitrogen functional groups attached to an aromatic ring is 1. The topological polar surface area (TPSA) is 80.8 Å². The minimum Gasteiger partial charge on any atom is -0.497 e. The molecule has 4 rings (SSSR count). The predicted molar refractivity (Wildman–Crippen MR) is 125 cm³/mol. The highest BCUT2D eigenvalue weighted by Crippen LogP contribution is 2.44. The summed E-state index contributed by atoms with van der Waals surface area (Å²) >= 11 is 0. The van der Waals surface area contributed by atoms with Crippen molar-refractivity contribution in [2.24, 2.45) is 0 Å². The van der Waals surface area contributed by atoms with E-state index in [0.29, 0.717) is 45.6 Å². The molecule has 0 aliphatic carbocycles. The van der Waals surface area contributed by atoms with Crippen molar-refractivity contribution in [1.82, 2.24) is 9.78 Å². The van der Waals surface area contributed by atoms with E-state index in [4.69, 9.17) is 29.8 Å². The fraction of sp³-hybridized carbons (Fsp3) is 0.160. The summed E-state index contributed by atoms with van der Waals surface area (Å²) < 4.78 is 36.9. The second-order valence-electron chi connectivity index (χ2n) is 7.14. The molecular weight excluding hydrogens is 425 g/mol. The van der Waals surface area contributed by atoms with Crippen LogP contribution in [0.3, 0.4) is 0 Å². The Balaban J connectivity index is 1.98. The van der Waals surface area contributed by atoms with E-state index < -0.39 is 0 Å². The second-order valence-corrected chi connectivity index (χ2v) is 7.14. The van der Waals surface area contributed by atoms with Gasteiger partial charge >= 0.3 is 0 Å². The summed E-state index contributed by atoms with van der Waals surface area (Å²) in [5.41, 5.74) is 10.1. The minimum absolute atomic E-state index is 0.343. The van der Waals surface area contributed by atoms with Crippen molar-refractivity contribution in [2.75, 3.05) is 34.2 Å². The third kappa shape index (κ3) is 4.03. The first-order valence-corrected chi connectivity index (χ1v) is 10.1. The molecule has 0 aliphatic heterocycles. The van der Waals surface area contributed by atoms with Crippen LogP contribution in [0.1, 0.15) is 0 Å². The van der Waals surface area contributed by atoms with Crippen LogP contribution >= 0.6 is 0 Å². The number of ether oxygens (including phenoxy) is 4. The van der Waals surface area contributed by atoms with E-state index in [-0.39, 0.29) is 5.82 Å². The molecule has 7 nitrogen and oxygen atoms in total. The maximum Gasteiger partial charge on any atom is 0.203 e. The normalized spacial score (nSPS) is 10.7. The van der Waals surface area contributed by atoms with Crippen molar-refractivity contribution in [3.63, 3.8) is 0 Å². The van der Waals surface area contributed by atoms with Gasteiger partial charge in [0, 0.05) is 5.56 Å². The smallest absolute Gasteiger partial charge is 0.203 e. The number of nitrogens with zero attached hydrogens (tertiary/aromatic N) is 2. The Morgan fingerprint density at radius 1 is 0.758 bits per heavy atom. The van der Waals surface area contributed by atoms with Crippen LogP contribution in [-0.2, 0) is 0 Å². The van der Waals surface area contributed by atoms with Crippen LogP contribution in [0.5, 0.6) is 23.0 Å². The molecule has 0 aliphatic rings. The molecule has 0 bridgehead atoms. The maximum absolute atomic E-state index is 13.5. The van der Waals surface area contributed by atoms with Gasteiger partial charge in [0.25, 0.3) is 0 Å². The molecule has 8 heteroatoms. The summed E-state index contributed by atoms with van der Waals surface area (Å²) in [7, 11) is 6.26. The molecule has 170 valence electrons. The van der Waals surface area contributed by atoms with Gasteiger partial charge in [0.15, 0.2) is 11.5 Å². The van der Waals surface area contributed by atoms with Crippen molar-refractivity contribution >= 4 is 5.82 Å². The fourth-order valence-corrected chi connectivity index (χ4v) is 3.67. The van der Waals surface area contributed by atoms with Crippen molar-refractivity contribution in [3.8, 4) is 51.1 Å². The van der Waals surface area contributed by atoms with Gasteiger partial charge in [-0.3, -0.25) is 0 Å². The Kier molecular flexibility index (Phi) is 6.08. The van der Waals surface area contributed by atoms with E-state index in [0.717, 1.165) is 11.3 Å². The van der Waals surface area contributed by atoms with Crippen LogP contribution < -0.4 is 24.7 Å². The zero-order chi connectivity index (χ0) is 23.5. The lowest BCUT2D eigenvalue weighted by Gasteiger charge is -2.14. The lowest BCUT2D eigenvalue weighted by molar-refractivity contribution is 0.324. The molecule has 0 atom stereocenters. The molecule has 1 aromatic heterocycles. The third-order valence-corrected chi connectivity index (χ3v) is 5.31. The van der Waals surface area contributed by atoms with Gasteiger partial charge < -0.3 is 24.7 Å². The molecule has 2 N–H and O–H groups in total. The summed E-state index contributed by atoms with van der Waals surface area (Å²) in [6.45, 7) is 0. The monoisotopic (exact) mass is 449 g/mol. The zero-order valence-electron chi connectivity index (χ0n) is 18.8. The van der Waals surface area contributed by atoms with Crippen molar-refractivity contribution in [2.45, 2.75) is 0 Å². The largest absolute Gasteiger partial charge is 0.497 e. The number of hydrogen-bond donors (Lipinski definition) is 1. The highest BCUT2D eigenvalue weighted by atomic mass is 19.1. The van der Waals surface area contributed by atoms with E-state index in [1.54, 1.807) is 45.3 Å². The number of rotatable bonds is 7. The number of methoxy groups -OCH3 is 4. The summed E-state index contributed by atoms with van der Waals surface area (Å²) in [5, 5.41) is 4.79. The number of halogens is 1. The molecule has 0 saturated heterocycles. The molecule has 0 amide bonds. The number of nitrogens with two attached hydrogens (primary N) is 1. The van der Waals surface area contributed by atoms with Gasteiger partial charge in [0.1, 0.15) is 23.1 Å². The lowest BCUT2D eigenvalue weighted by Crippen LogP contribution is -2.02. The fourth-order valence-electron chi connectivity index (χ4n) is 3.67. The number of aromatic nitrogens is 2. The van der Waals surface area contributed by atoms with Gasteiger partial charge in [0.2, 0.25) is 5.75 Å². The molecule has 33 heavy (non-hydrogen) atoms. The molecule has 1 heterocycles. The highest BCUT2D eigenvalue weighted by Gasteiger charge is 2.23. The Bertz CT molecular complexity index is 1240. The minimum atomic E-state index is -0.343. The van der Waals surface area contributed by atoms with Gasteiger partial charge in [-0.15, -0.1) is 0 Å². The summed E-state index contributed by atoms with van der Waals surface area (Å²) in [5.74, 6) is 2.23. The number of benzene rings is 3. The van der Waals surface area contributed by atoms with Crippen LogP contribution in [-0.4, -0.2) is 38.2 Å². The van der Waals surface area contributed by atoms with Gasteiger partial charge in [0.05, 0.1) is 39.7 Å². The molecule has 3 aromatic carbocycles. The molecule has 0 unspecified atom stereocenters. The van der Waals surface area contributed by atoms with Crippen LogP contribution in [0.15, 0.2) is 60.7 Å². The molecule has 0 radical (unpaired) electrons. The molecular formula is C25H24FN3O4. The quantitative estimate of drug-likeness (QED) is 0.429. The second kappa shape index (κ2) is 9.12. The molecule has 0 fully saturated rings. The number of anilines is 1. The van der Waals surface area contributed by atoms with Crippen molar-refractivity contribution in [1.29, 1.82) is 0 Å². The average Bonchev–Trinajstić information content (AvgIpc) is 3.20. The van der Waals surface area contributed by atoms with Crippen LogP contribution in [0, 0.1) is 5.82 Å². The zero-order valence-corrected chi connectivity index (χ0v) is 18.8. The van der Waals surface area contributed by atoms with Gasteiger partial charge in [-0.25, -0.2) is 9.07 Å². The van der Waals surface area contributed by atoms with Gasteiger partial charge in [-0.2, -0.15) is 5.10 Å². The van der Waals surface area contributed by atoms with E-state index in [1.165, 1.54) is 12.1 Å². The van der Waals surface area contributed by atoms with Crippen LogP contribution in [0.2, 0.25) is 0 Å². The van der Waals surface area contributed by atoms with Crippen LogP contribution in [0.4, 0.5) is 10.2 Å². The average molecular weight is 449 g/mol. The molecule has 0 saturated carbocycles. The Morgan fingerprint density at radius 3 is 1.88 bits per heavy atom. The van der Waals surface area contributed by atoms with E-state index in [1.807, 2.05) is 36.4 Å². The van der Waals surface area contributed by atoms with E-state index in [2.05, 4.69) is 0 Å². The lowest BCUT2D eigenvalue weighted by atomic mass is 10.00. The van der Waals surface area contributed by atoms with Gasteiger partial charge in [-0.1, -0.05) is 12.1 Å². The first-order chi connectivity index (χ1) is 16.0. The standard InChI is InChI=1S/C25H24FN3O4/c1-30-19-11-5-15(6-12-19)22-23(16-13-20(31-2)24(33-4)21(14-16)32-3)28-29(25(22)27)18-9-7-17(26)8-10-18/h5-14H,27H2,1-4H3. The molecule has 0 spiro atoms. The Morgan fingerprint density at radius 2 is 1.36 bits per heavy atom. The first-order valence-electron chi connectivity index (χ1n) is 10.1. The van der Waals surface area contributed by atoms with E-state index >= 15 is 0 Å². The van der Waals surface area contributed by atoms with Crippen molar-refractivity contribution < 1.29 is 23.3 Å².